The van der Waals surface area contributed by atoms with E-state index in [4.69, 9.17) is 34.8 Å². The van der Waals surface area contributed by atoms with Crippen LogP contribution < -0.4 is 0 Å². The van der Waals surface area contributed by atoms with Crippen LogP contribution in [-0.2, 0) is 5.41 Å². The molecule has 48 heavy (non-hydrogen) atoms. The molecule has 0 heterocycles. The molecule has 6 heteroatoms. The molecule has 7 rings (SSSR count). The minimum Gasteiger partial charge on any atom is -0.0843 e. The number of rotatable bonds is 6. The average Bonchev–Trinajstić information content (AvgIpc) is 3.09. The summed E-state index contributed by atoms with van der Waals surface area (Å²) in [7, 11) is 0. The van der Waals surface area contributed by atoms with Gasteiger partial charge in [0.1, 0.15) is 0 Å². The maximum atomic E-state index is 7.30. The molecule has 6 aromatic rings. The first kappa shape index (κ1) is 33.8. The Morgan fingerprint density at radius 1 is 0.542 bits per heavy atom. The number of allylic oxidation sites excluding steroid dienone is 4. The summed E-state index contributed by atoms with van der Waals surface area (Å²) in [5.41, 5.74) is 9.08. The summed E-state index contributed by atoms with van der Waals surface area (Å²) in [6.07, 6.45) is 0. The second kappa shape index (κ2) is 14.3. The molecule has 2 atom stereocenters. The van der Waals surface area contributed by atoms with E-state index in [-0.39, 0.29) is 5.92 Å². The highest BCUT2D eigenvalue weighted by Crippen LogP contribution is 2.66. The monoisotopic (exact) mass is 920 g/mol. The van der Waals surface area contributed by atoms with E-state index in [1.165, 1.54) is 5.57 Å². The van der Waals surface area contributed by atoms with Gasteiger partial charge in [0.25, 0.3) is 0 Å². The van der Waals surface area contributed by atoms with Crippen molar-refractivity contribution in [3.8, 4) is 0 Å². The van der Waals surface area contributed by atoms with Crippen LogP contribution in [0.4, 0.5) is 0 Å². The van der Waals surface area contributed by atoms with E-state index in [2.05, 4.69) is 170 Å². The lowest BCUT2D eigenvalue weighted by Crippen LogP contribution is -2.40. The zero-order valence-corrected chi connectivity index (χ0v) is 32.9. The van der Waals surface area contributed by atoms with Gasteiger partial charge >= 0.3 is 0 Å². The van der Waals surface area contributed by atoms with Crippen molar-refractivity contribution in [1.29, 1.82) is 0 Å². The van der Waals surface area contributed by atoms with Gasteiger partial charge in [-0.1, -0.05) is 164 Å². The topological polar surface area (TPSA) is 0 Å². The van der Waals surface area contributed by atoms with Crippen molar-refractivity contribution in [2.24, 2.45) is 0 Å². The van der Waals surface area contributed by atoms with Gasteiger partial charge in [-0.2, -0.15) is 0 Å². The zero-order chi connectivity index (χ0) is 33.4. The second-order valence-electron chi connectivity index (χ2n) is 11.6. The van der Waals surface area contributed by atoms with Crippen molar-refractivity contribution in [3.63, 3.8) is 0 Å². The first-order valence-corrected chi connectivity index (χ1v) is 19.1. The van der Waals surface area contributed by atoms with Crippen molar-refractivity contribution in [2.75, 3.05) is 0 Å². The molecule has 2 unspecified atom stereocenters. The standard InChI is InChI=1S/C42H26Br2Cl3I/c43-31-20-18-30(19-21-31)42(29-10-2-1-3-11-29)39(28-9-6-12-32(44)24-28)37(26-16-22-33(45)23-17-26)41(48)38(27-8-7-13-34(46)25-27)40(42)35-14-4-5-15-36(35)47/h1-25,39H. The lowest BCUT2D eigenvalue weighted by atomic mass is 9.52. The number of hydrogen-bond acceptors (Lipinski definition) is 0. The first-order chi connectivity index (χ1) is 23.3. The first-order valence-electron chi connectivity index (χ1n) is 15.3. The second-order valence-corrected chi connectivity index (χ2v) is 15.8. The van der Waals surface area contributed by atoms with Gasteiger partial charge < -0.3 is 0 Å². The van der Waals surface area contributed by atoms with Crippen molar-refractivity contribution >= 4 is 106 Å². The van der Waals surface area contributed by atoms with Crippen LogP contribution in [0.3, 0.4) is 0 Å². The van der Waals surface area contributed by atoms with E-state index >= 15 is 0 Å². The van der Waals surface area contributed by atoms with Crippen molar-refractivity contribution in [3.05, 3.63) is 213 Å². The van der Waals surface area contributed by atoms with Crippen molar-refractivity contribution in [1.82, 2.24) is 0 Å². The van der Waals surface area contributed by atoms with Crippen LogP contribution in [0.1, 0.15) is 39.3 Å². The van der Waals surface area contributed by atoms with Gasteiger partial charge in [-0.3, -0.25) is 0 Å². The number of hydrogen-bond donors (Lipinski definition) is 0. The molecule has 0 saturated carbocycles. The fraction of sp³-hybridized carbons (Fsp3) is 0.0476. The Labute approximate surface area is 326 Å². The molecule has 0 radical (unpaired) electrons. The predicted octanol–water partition coefficient (Wildman–Crippen LogP) is 14.7. The highest BCUT2D eigenvalue weighted by Gasteiger charge is 2.53. The molecule has 0 amide bonds. The number of benzene rings is 6. The van der Waals surface area contributed by atoms with Crippen LogP contribution in [0, 0.1) is 0 Å². The lowest BCUT2D eigenvalue weighted by Gasteiger charge is -2.50. The van der Waals surface area contributed by atoms with E-state index < -0.39 is 5.41 Å². The van der Waals surface area contributed by atoms with E-state index in [9.17, 15) is 0 Å². The molecule has 0 aromatic heterocycles. The largest absolute Gasteiger partial charge is 0.0843 e. The third-order valence-electron chi connectivity index (χ3n) is 8.94. The Balaban J connectivity index is 1.80. The summed E-state index contributed by atoms with van der Waals surface area (Å²) in [6, 6.07) is 52.8. The van der Waals surface area contributed by atoms with E-state index in [1.54, 1.807) is 0 Å². The van der Waals surface area contributed by atoms with Crippen LogP contribution in [0.2, 0.25) is 15.1 Å². The van der Waals surface area contributed by atoms with E-state index in [0.29, 0.717) is 15.1 Å². The third kappa shape index (κ3) is 6.16. The smallest absolute Gasteiger partial charge is 0.0573 e. The molecule has 6 aromatic carbocycles. The Bertz CT molecular complexity index is 2190. The highest BCUT2D eigenvalue weighted by molar-refractivity contribution is 14.1. The fourth-order valence-electron chi connectivity index (χ4n) is 7.08. The SMILES string of the molecule is Clc1ccc(C2=C(I)C(c3cccc(Cl)c3)=C(c3ccccc3Cl)C(c3ccccc3)(c3ccc(Br)cc3)C2c2cccc(Br)c2)cc1. The van der Waals surface area contributed by atoms with Gasteiger partial charge in [0.15, 0.2) is 0 Å². The van der Waals surface area contributed by atoms with E-state index in [0.717, 1.165) is 57.1 Å². The van der Waals surface area contributed by atoms with Gasteiger partial charge in [0, 0.05) is 39.1 Å². The van der Waals surface area contributed by atoms with Crippen LogP contribution in [0.15, 0.2) is 164 Å². The van der Waals surface area contributed by atoms with E-state index in [1.807, 2.05) is 36.4 Å². The summed E-state index contributed by atoms with van der Waals surface area (Å²) in [4.78, 5) is 0. The van der Waals surface area contributed by atoms with Crippen LogP contribution >= 0.6 is 89.3 Å². The molecule has 236 valence electrons. The van der Waals surface area contributed by atoms with Crippen molar-refractivity contribution in [2.45, 2.75) is 11.3 Å². The minimum atomic E-state index is -0.783. The normalized spacial score (nSPS) is 17.9. The summed E-state index contributed by atoms with van der Waals surface area (Å²) < 4.78 is 3.12. The Morgan fingerprint density at radius 2 is 1.21 bits per heavy atom. The molecular formula is C42H26Br2Cl3I. The van der Waals surface area contributed by atoms with Crippen molar-refractivity contribution < 1.29 is 0 Å². The summed E-state index contributed by atoms with van der Waals surface area (Å²) in [6.45, 7) is 0. The van der Waals surface area contributed by atoms with Gasteiger partial charge in [0.05, 0.1) is 5.41 Å². The zero-order valence-electron chi connectivity index (χ0n) is 25.3. The lowest BCUT2D eigenvalue weighted by molar-refractivity contribution is 0.597. The molecular weight excluding hydrogens is 898 g/mol. The molecule has 1 aliphatic carbocycles. The summed E-state index contributed by atoms with van der Waals surface area (Å²) in [5, 5.41) is 2.03. The molecule has 0 aliphatic heterocycles. The third-order valence-corrected chi connectivity index (χ3v) is 11.9. The molecule has 1 aliphatic rings. The van der Waals surface area contributed by atoms with Crippen LogP contribution in [-0.4, -0.2) is 0 Å². The molecule has 0 saturated heterocycles. The maximum absolute atomic E-state index is 7.30. The van der Waals surface area contributed by atoms with Gasteiger partial charge in [-0.15, -0.1) is 0 Å². The van der Waals surface area contributed by atoms with Crippen LogP contribution in [0.25, 0.3) is 16.7 Å². The molecule has 0 nitrogen and oxygen atoms in total. The molecule has 0 spiro atoms. The van der Waals surface area contributed by atoms with Gasteiger partial charge in [-0.25, -0.2) is 0 Å². The average molecular weight is 924 g/mol. The Kier molecular flexibility index (Phi) is 10.1. The van der Waals surface area contributed by atoms with Gasteiger partial charge in [-0.05, 0) is 122 Å². The minimum absolute atomic E-state index is 0.208. The highest BCUT2D eigenvalue weighted by atomic mass is 127. The summed E-state index contributed by atoms with van der Waals surface area (Å²) >= 11 is 30.7. The Morgan fingerprint density at radius 3 is 1.90 bits per heavy atom. The Hall–Kier alpha value is -2.64. The van der Waals surface area contributed by atoms with Gasteiger partial charge in [0.2, 0.25) is 0 Å². The maximum Gasteiger partial charge on any atom is 0.0573 e. The number of halogens is 6. The molecule has 0 bridgehead atoms. The quantitative estimate of drug-likeness (QED) is 0.146. The fourth-order valence-corrected chi connectivity index (χ4v) is 9.52. The molecule has 0 N–H and O–H groups in total. The predicted molar refractivity (Wildman–Crippen MR) is 220 cm³/mol. The summed E-state index contributed by atoms with van der Waals surface area (Å²) in [5.74, 6) is -0.208. The van der Waals surface area contributed by atoms with Crippen LogP contribution in [0.5, 0.6) is 0 Å². The molecule has 0 fully saturated rings.